The molecule has 0 saturated heterocycles. The summed E-state index contributed by atoms with van der Waals surface area (Å²) in [7, 11) is -9.35. The molecule has 20 heavy (non-hydrogen) atoms. The van der Waals surface area contributed by atoms with E-state index >= 15 is 0 Å². The Morgan fingerprint density at radius 2 is 1.65 bits per heavy atom. The maximum Gasteiger partial charge on any atom is 1.00 e. The zero-order valence-electron chi connectivity index (χ0n) is 12.3. The first-order valence-electron chi connectivity index (χ1n) is 5.81. The predicted octanol–water partition coefficient (Wildman–Crippen LogP) is -3.27. The number of rotatable bonds is 8. The number of nitrogens with zero attached hydrogens (tertiary/aromatic N) is 1. The average molecular weight is 341 g/mol. The molecule has 8 nitrogen and oxygen atoms in total. The van der Waals surface area contributed by atoms with Crippen molar-refractivity contribution < 1.29 is 63.4 Å². The van der Waals surface area contributed by atoms with E-state index in [1.54, 1.807) is 11.9 Å². The van der Waals surface area contributed by atoms with Crippen molar-refractivity contribution in [2.24, 2.45) is 5.92 Å². The van der Waals surface area contributed by atoms with Crippen molar-refractivity contribution in [1.29, 1.82) is 0 Å². The molecule has 11 heteroatoms. The van der Waals surface area contributed by atoms with E-state index in [1.165, 1.54) is 0 Å². The molecule has 0 fully saturated rings. The van der Waals surface area contributed by atoms with Gasteiger partial charge in [0.25, 0.3) is 0 Å². The molecular weight excluding hydrogens is 319 g/mol. The van der Waals surface area contributed by atoms with Crippen molar-refractivity contribution in [2.75, 3.05) is 20.1 Å². The van der Waals surface area contributed by atoms with Crippen LogP contribution in [0.15, 0.2) is 0 Å². The number of aliphatic hydroxyl groups is 1. The van der Waals surface area contributed by atoms with Gasteiger partial charge in [-0.2, -0.15) is 0 Å². The van der Waals surface area contributed by atoms with Crippen LogP contribution in [0.1, 0.15) is 26.7 Å². The molecule has 2 atom stereocenters. The zero-order valence-corrected chi connectivity index (χ0v) is 16.0. The van der Waals surface area contributed by atoms with E-state index in [9.17, 15) is 19.1 Å². The number of hydrogen-bond acceptors (Lipinski definition) is 5. The van der Waals surface area contributed by atoms with E-state index < -0.39 is 26.7 Å². The van der Waals surface area contributed by atoms with E-state index in [0.717, 1.165) is 6.42 Å². The molecule has 0 radical (unpaired) electrons. The molecule has 0 aromatic carbocycles. The van der Waals surface area contributed by atoms with Gasteiger partial charge in [-0.3, -0.25) is 4.57 Å². The number of hydrogen-bond donors (Lipinski definition) is 4. The van der Waals surface area contributed by atoms with Gasteiger partial charge in [-0.15, -0.1) is 0 Å². The van der Waals surface area contributed by atoms with Gasteiger partial charge in [0.15, 0.2) is 7.60 Å². The second-order valence-electron chi connectivity index (χ2n) is 5.07. The maximum atomic E-state index is 11.1. The van der Waals surface area contributed by atoms with Crippen LogP contribution in [0.5, 0.6) is 0 Å². The first-order valence-corrected chi connectivity index (χ1v) is 9.00. The largest absolute Gasteiger partial charge is 1.00 e. The predicted molar refractivity (Wildman–Crippen MR) is 68.4 cm³/mol. The Bertz CT molecular complexity index is 358. The van der Waals surface area contributed by atoms with Crippen LogP contribution in [0.25, 0.3) is 0 Å². The molecule has 0 aliphatic rings. The summed E-state index contributed by atoms with van der Waals surface area (Å²) in [6.45, 7) is 4.52. The molecule has 2 unspecified atom stereocenters. The molecule has 0 aliphatic carbocycles. The van der Waals surface area contributed by atoms with E-state index in [-0.39, 0.29) is 36.1 Å². The molecule has 0 saturated carbocycles. The minimum atomic E-state index is -5.59. The first kappa shape index (κ1) is 23.5. The van der Waals surface area contributed by atoms with Crippen molar-refractivity contribution in [3.8, 4) is 0 Å². The molecule has 116 valence electrons. The van der Waals surface area contributed by atoms with Crippen molar-refractivity contribution in [3.05, 3.63) is 0 Å². The minimum absolute atomic E-state index is 0. The Balaban J connectivity index is 0. The van der Waals surface area contributed by atoms with E-state index in [4.69, 9.17) is 14.7 Å². The Morgan fingerprint density at radius 1 is 1.20 bits per heavy atom. The summed E-state index contributed by atoms with van der Waals surface area (Å²) in [5.74, 6) is 0.423. The molecule has 0 amide bonds. The minimum Gasteiger partial charge on any atom is -0.776 e. The summed E-state index contributed by atoms with van der Waals surface area (Å²) in [4.78, 5) is 39.3. The molecule has 0 rings (SSSR count). The van der Waals surface area contributed by atoms with Crippen LogP contribution in [0.3, 0.4) is 0 Å². The van der Waals surface area contributed by atoms with Crippen molar-refractivity contribution in [3.63, 3.8) is 0 Å². The van der Waals surface area contributed by atoms with Crippen LogP contribution >= 0.6 is 15.2 Å². The van der Waals surface area contributed by atoms with Gasteiger partial charge in [0.2, 0.25) is 5.08 Å². The Kier molecular flexibility index (Phi) is 10.3. The van der Waals surface area contributed by atoms with Gasteiger partial charge in [0.05, 0.1) is 0 Å². The first-order chi connectivity index (χ1) is 8.31. The van der Waals surface area contributed by atoms with Crippen molar-refractivity contribution in [1.82, 2.24) is 4.90 Å². The summed E-state index contributed by atoms with van der Waals surface area (Å²) in [6, 6.07) is 0. The fourth-order valence-electron chi connectivity index (χ4n) is 1.38. The topological polar surface area (TPSA) is 141 Å². The van der Waals surface area contributed by atoms with Crippen molar-refractivity contribution in [2.45, 2.75) is 31.8 Å². The molecule has 4 N–H and O–H groups in total. The third-order valence-corrected chi connectivity index (χ3v) is 6.66. The quantitative estimate of drug-likeness (QED) is 0.266. The Labute approximate surface area is 141 Å². The van der Waals surface area contributed by atoms with E-state index in [1.807, 2.05) is 13.8 Å². The third kappa shape index (κ3) is 6.99. The van der Waals surface area contributed by atoms with E-state index in [0.29, 0.717) is 12.5 Å². The van der Waals surface area contributed by atoms with Crippen LogP contribution in [0.2, 0.25) is 0 Å². The maximum absolute atomic E-state index is 11.1. The van der Waals surface area contributed by atoms with Crippen molar-refractivity contribution >= 4 is 15.2 Å². The SMILES string of the molecule is CC(C)CCN(C)CCC(O)(P(=O)([O-])O)P(=O)(O)O.[Na+]. The molecule has 0 aromatic heterocycles. The van der Waals surface area contributed by atoms with Crippen LogP contribution in [0, 0.1) is 5.92 Å². The van der Waals surface area contributed by atoms with Crippen LogP contribution in [-0.4, -0.2) is 49.9 Å². The fraction of sp³-hybridized carbons (Fsp3) is 1.00. The second kappa shape index (κ2) is 8.75. The fourth-order valence-corrected chi connectivity index (χ4v) is 3.47. The average Bonchev–Trinajstić information content (AvgIpc) is 2.19. The monoisotopic (exact) mass is 341 g/mol. The van der Waals surface area contributed by atoms with E-state index in [2.05, 4.69) is 0 Å². The van der Waals surface area contributed by atoms with Gasteiger partial charge < -0.3 is 34.1 Å². The van der Waals surface area contributed by atoms with Crippen LogP contribution in [0.4, 0.5) is 0 Å². The van der Waals surface area contributed by atoms with Crippen LogP contribution in [-0.2, 0) is 9.13 Å². The van der Waals surface area contributed by atoms with Gasteiger partial charge in [-0.25, -0.2) is 0 Å². The van der Waals surface area contributed by atoms with Crippen LogP contribution < -0.4 is 34.5 Å². The summed E-state index contributed by atoms with van der Waals surface area (Å²) in [5.41, 5.74) is 0. The smallest absolute Gasteiger partial charge is 0.776 e. The molecular formula is C9H22NNaO7P2. The molecule has 0 spiro atoms. The summed E-state index contributed by atoms with van der Waals surface area (Å²) >= 11 is 0. The molecule has 0 heterocycles. The van der Waals surface area contributed by atoms with Gasteiger partial charge in [0.1, 0.15) is 0 Å². The summed E-state index contributed by atoms with van der Waals surface area (Å²) in [5, 5.41) is 6.17. The van der Waals surface area contributed by atoms with Gasteiger partial charge in [-0.05, 0) is 25.9 Å². The molecule has 0 aliphatic heterocycles. The van der Waals surface area contributed by atoms with Gasteiger partial charge >= 0.3 is 37.2 Å². The normalized spacial score (nSPS) is 18.5. The third-order valence-electron chi connectivity index (χ3n) is 2.84. The van der Waals surface area contributed by atoms with Gasteiger partial charge in [0, 0.05) is 13.0 Å². The summed E-state index contributed by atoms with van der Waals surface area (Å²) < 4.78 is 22.1. The molecule has 0 bridgehead atoms. The summed E-state index contributed by atoms with van der Waals surface area (Å²) in [6.07, 6.45) is 0.0577. The Hall–Kier alpha value is 1.22. The molecule has 0 aromatic rings. The second-order valence-corrected chi connectivity index (χ2v) is 9.04. The van der Waals surface area contributed by atoms with Gasteiger partial charge in [-0.1, -0.05) is 13.8 Å². The Morgan fingerprint density at radius 3 is 1.95 bits per heavy atom. The standard InChI is InChI=1S/C9H23NO7P2.Na/c1-8(2)4-6-10(3)7-5-9(11,18(12,13)14)19(15,16)17;/h8,11H,4-7H2,1-3H3,(H2,12,13,14)(H2,15,16,17);/q;+1/p-1. The zero-order chi connectivity index (χ0) is 15.5.